The third kappa shape index (κ3) is 3.91. The maximum atomic E-state index is 13.4. The molecule has 168 valence electrons. The molecule has 3 heterocycles. The van der Waals surface area contributed by atoms with Gasteiger partial charge in [-0.2, -0.15) is 4.98 Å². The van der Waals surface area contributed by atoms with E-state index in [0.717, 1.165) is 40.2 Å². The van der Waals surface area contributed by atoms with Gasteiger partial charge in [-0.05, 0) is 61.4 Å². The van der Waals surface area contributed by atoms with E-state index >= 15 is 0 Å². The van der Waals surface area contributed by atoms with Gasteiger partial charge in [0.05, 0.1) is 12.7 Å². The maximum Gasteiger partial charge on any atom is 0.257 e. The number of carbonyl (C=O) groups is 1. The Hall–Kier alpha value is -3.87. The number of aromatic nitrogens is 3. The van der Waals surface area contributed by atoms with Crippen LogP contribution in [0.25, 0.3) is 22.7 Å². The fourth-order valence-corrected chi connectivity index (χ4v) is 4.38. The lowest BCUT2D eigenvalue weighted by atomic mass is 10.1. The summed E-state index contributed by atoms with van der Waals surface area (Å²) >= 11 is 0. The van der Waals surface area contributed by atoms with E-state index in [9.17, 15) is 4.79 Å². The number of rotatable bonds is 5. The molecule has 1 amide bonds. The van der Waals surface area contributed by atoms with Crippen LogP contribution in [-0.2, 0) is 7.05 Å². The predicted molar refractivity (Wildman–Crippen MR) is 125 cm³/mol. The van der Waals surface area contributed by atoms with Crippen LogP contribution in [0, 0.1) is 6.92 Å². The van der Waals surface area contributed by atoms with Crippen LogP contribution in [0.3, 0.4) is 0 Å². The second kappa shape index (κ2) is 8.58. The van der Waals surface area contributed by atoms with E-state index < -0.39 is 0 Å². The van der Waals surface area contributed by atoms with Crippen LogP contribution >= 0.6 is 0 Å². The van der Waals surface area contributed by atoms with Crippen molar-refractivity contribution in [1.82, 2.24) is 19.6 Å². The standard InChI is InChI=1S/C26H26N4O3/c1-17-22(15-23(29(17)2)18-9-11-21(32-3)12-10-18)26(31)30-14-13-20(16-30)24-27-25(33-28-24)19-7-5-4-6-8-19/h4-12,15,20H,13-14,16H2,1-3H3. The lowest BCUT2D eigenvalue weighted by molar-refractivity contribution is 0.0789. The minimum atomic E-state index is 0.0390. The molecular weight excluding hydrogens is 416 g/mol. The van der Waals surface area contributed by atoms with Crippen molar-refractivity contribution in [2.45, 2.75) is 19.3 Å². The summed E-state index contributed by atoms with van der Waals surface area (Å²) in [5, 5.41) is 4.19. The number of benzene rings is 2. The number of amides is 1. The molecule has 1 saturated heterocycles. The molecule has 1 atom stereocenters. The van der Waals surface area contributed by atoms with E-state index in [1.54, 1.807) is 7.11 Å². The van der Waals surface area contributed by atoms with Crippen LogP contribution in [0.4, 0.5) is 0 Å². The first kappa shape index (κ1) is 21.0. The van der Waals surface area contributed by atoms with Gasteiger partial charge in [-0.1, -0.05) is 23.4 Å². The molecule has 4 aromatic rings. The topological polar surface area (TPSA) is 73.4 Å². The van der Waals surface area contributed by atoms with Gasteiger partial charge in [0.1, 0.15) is 5.75 Å². The predicted octanol–water partition coefficient (Wildman–Crippen LogP) is 4.69. The highest BCUT2D eigenvalue weighted by molar-refractivity contribution is 5.97. The van der Waals surface area contributed by atoms with Gasteiger partial charge in [-0.25, -0.2) is 0 Å². The van der Waals surface area contributed by atoms with Crippen LogP contribution in [-0.4, -0.2) is 45.7 Å². The van der Waals surface area contributed by atoms with E-state index in [4.69, 9.17) is 9.26 Å². The minimum absolute atomic E-state index is 0.0390. The summed E-state index contributed by atoms with van der Waals surface area (Å²) in [7, 11) is 3.64. The SMILES string of the molecule is COc1ccc(-c2cc(C(=O)N3CCC(c4noc(-c5ccccc5)n4)C3)c(C)n2C)cc1. The third-order valence-corrected chi connectivity index (χ3v) is 6.45. The van der Waals surface area contributed by atoms with E-state index in [-0.39, 0.29) is 11.8 Å². The number of nitrogens with zero attached hydrogens (tertiary/aromatic N) is 4. The summed E-state index contributed by atoms with van der Waals surface area (Å²) in [6.07, 6.45) is 0.816. The molecule has 0 radical (unpaired) electrons. The Balaban J connectivity index is 1.33. The van der Waals surface area contributed by atoms with Crippen molar-refractivity contribution >= 4 is 5.91 Å². The van der Waals surface area contributed by atoms with Gasteiger partial charge in [0, 0.05) is 43.0 Å². The molecule has 1 aliphatic rings. The summed E-state index contributed by atoms with van der Waals surface area (Å²) in [5.74, 6) is 2.09. The van der Waals surface area contributed by atoms with Gasteiger partial charge >= 0.3 is 0 Å². The number of hydrogen-bond donors (Lipinski definition) is 0. The molecule has 7 heteroatoms. The van der Waals surface area contributed by atoms with Crippen molar-refractivity contribution in [2.24, 2.45) is 7.05 Å². The molecule has 2 aromatic carbocycles. The van der Waals surface area contributed by atoms with Crippen molar-refractivity contribution < 1.29 is 14.1 Å². The molecule has 0 N–H and O–H groups in total. The van der Waals surface area contributed by atoms with Crippen molar-refractivity contribution in [2.75, 3.05) is 20.2 Å². The Morgan fingerprint density at radius 3 is 2.58 bits per heavy atom. The largest absolute Gasteiger partial charge is 0.497 e. The van der Waals surface area contributed by atoms with Gasteiger partial charge in [0.2, 0.25) is 0 Å². The Kier molecular flexibility index (Phi) is 5.46. The fourth-order valence-electron chi connectivity index (χ4n) is 4.38. The van der Waals surface area contributed by atoms with Gasteiger partial charge in [-0.15, -0.1) is 0 Å². The second-order valence-corrected chi connectivity index (χ2v) is 8.38. The smallest absolute Gasteiger partial charge is 0.257 e. The summed E-state index contributed by atoms with van der Waals surface area (Å²) in [6.45, 7) is 3.24. The van der Waals surface area contributed by atoms with Crippen LogP contribution in [0.2, 0.25) is 0 Å². The molecule has 2 aromatic heterocycles. The molecule has 0 bridgehead atoms. The lowest BCUT2D eigenvalue weighted by Gasteiger charge is -2.15. The Bertz CT molecular complexity index is 1270. The molecule has 0 saturated carbocycles. The summed E-state index contributed by atoms with van der Waals surface area (Å²) in [4.78, 5) is 19.9. The first-order valence-corrected chi connectivity index (χ1v) is 11.0. The van der Waals surface area contributed by atoms with E-state index in [1.165, 1.54) is 0 Å². The van der Waals surface area contributed by atoms with Crippen LogP contribution in [0.1, 0.15) is 34.2 Å². The van der Waals surface area contributed by atoms with E-state index in [1.807, 2.05) is 79.5 Å². The van der Waals surface area contributed by atoms with E-state index in [0.29, 0.717) is 24.8 Å². The fraction of sp³-hybridized carbons (Fsp3) is 0.269. The molecule has 7 nitrogen and oxygen atoms in total. The van der Waals surface area contributed by atoms with Crippen molar-refractivity contribution in [3.05, 3.63) is 77.7 Å². The molecular formula is C26H26N4O3. The second-order valence-electron chi connectivity index (χ2n) is 8.38. The zero-order chi connectivity index (χ0) is 22.9. The van der Waals surface area contributed by atoms with Crippen molar-refractivity contribution in [3.63, 3.8) is 0 Å². The third-order valence-electron chi connectivity index (χ3n) is 6.45. The number of methoxy groups -OCH3 is 1. The molecule has 1 aliphatic heterocycles. The number of likely N-dealkylation sites (tertiary alicyclic amines) is 1. The van der Waals surface area contributed by atoms with Gasteiger partial charge < -0.3 is 18.7 Å². The van der Waals surface area contributed by atoms with E-state index in [2.05, 4.69) is 14.7 Å². The highest BCUT2D eigenvalue weighted by Crippen LogP contribution is 2.31. The number of carbonyl (C=O) groups excluding carboxylic acids is 1. The molecule has 0 aliphatic carbocycles. The average Bonchev–Trinajstić information content (AvgIpc) is 3.60. The maximum absolute atomic E-state index is 13.4. The van der Waals surface area contributed by atoms with Crippen LogP contribution in [0.5, 0.6) is 5.75 Å². The molecule has 0 spiro atoms. The van der Waals surface area contributed by atoms with Gasteiger partial charge in [-0.3, -0.25) is 4.79 Å². The van der Waals surface area contributed by atoms with Crippen LogP contribution < -0.4 is 4.74 Å². The minimum Gasteiger partial charge on any atom is -0.497 e. The first-order chi connectivity index (χ1) is 16.0. The number of ether oxygens (including phenoxy) is 1. The zero-order valence-electron chi connectivity index (χ0n) is 19.0. The van der Waals surface area contributed by atoms with Gasteiger partial charge in [0.15, 0.2) is 5.82 Å². The van der Waals surface area contributed by atoms with Crippen molar-refractivity contribution in [1.29, 1.82) is 0 Å². The highest BCUT2D eigenvalue weighted by Gasteiger charge is 2.32. The molecule has 33 heavy (non-hydrogen) atoms. The highest BCUT2D eigenvalue weighted by atomic mass is 16.5. The Labute approximate surface area is 192 Å². The molecule has 1 fully saturated rings. The zero-order valence-corrected chi connectivity index (χ0v) is 19.0. The normalized spacial score (nSPS) is 15.7. The Morgan fingerprint density at radius 1 is 1.09 bits per heavy atom. The summed E-state index contributed by atoms with van der Waals surface area (Å²) in [6, 6.07) is 19.6. The molecule has 1 unspecified atom stereocenters. The molecule has 5 rings (SSSR count). The quantitative estimate of drug-likeness (QED) is 0.448. The Morgan fingerprint density at radius 2 is 1.85 bits per heavy atom. The van der Waals surface area contributed by atoms with Crippen LogP contribution in [0.15, 0.2) is 65.2 Å². The first-order valence-electron chi connectivity index (χ1n) is 11.0. The number of hydrogen-bond acceptors (Lipinski definition) is 5. The van der Waals surface area contributed by atoms with Crippen molar-refractivity contribution in [3.8, 4) is 28.5 Å². The van der Waals surface area contributed by atoms with Gasteiger partial charge in [0.25, 0.3) is 11.8 Å². The summed E-state index contributed by atoms with van der Waals surface area (Å²) in [5.41, 5.74) is 4.61. The lowest BCUT2D eigenvalue weighted by Crippen LogP contribution is -2.28. The monoisotopic (exact) mass is 442 g/mol. The average molecular weight is 443 g/mol. The summed E-state index contributed by atoms with van der Waals surface area (Å²) < 4.78 is 12.8.